The molecule has 0 aliphatic carbocycles. The fraction of sp³-hybridized carbons (Fsp3) is 0.467. The Morgan fingerprint density at radius 1 is 1.38 bits per heavy atom. The van der Waals surface area contributed by atoms with Crippen molar-refractivity contribution in [2.75, 3.05) is 26.3 Å². The third kappa shape index (κ3) is 4.46. The summed E-state index contributed by atoms with van der Waals surface area (Å²) in [6, 6.07) is 6.36. The Kier molecular flexibility index (Phi) is 5.16. The lowest BCUT2D eigenvalue weighted by atomic mass is 10.1. The molecule has 0 radical (unpaired) electrons. The third-order valence-electron chi connectivity index (χ3n) is 3.37. The standard InChI is InChI=1S/C15H20N2O4/c1-11-9-17(6-7-21-10-11)15(20)16-8-12-2-4-13(5-3-12)14(18)19/h2-5,11H,6-10H2,1H3,(H,16,20)(H,18,19). The second-order valence-corrected chi connectivity index (χ2v) is 5.29. The lowest BCUT2D eigenvalue weighted by Gasteiger charge is -2.22. The highest BCUT2D eigenvalue weighted by atomic mass is 16.5. The van der Waals surface area contributed by atoms with Crippen molar-refractivity contribution >= 4 is 12.0 Å². The van der Waals surface area contributed by atoms with Crippen LogP contribution in [0, 0.1) is 5.92 Å². The molecular formula is C15H20N2O4. The fourth-order valence-corrected chi connectivity index (χ4v) is 2.22. The fourth-order valence-electron chi connectivity index (χ4n) is 2.22. The van der Waals surface area contributed by atoms with E-state index in [9.17, 15) is 9.59 Å². The molecule has 1 aliphatic rings. The van der Waals surface area contributed by atoms with Gasteiger partial charge in [-0.15, -0.1) is 0 Å². The van der Waals surface area contributed by atoms with Crippen LogP contribution >= 0.6 is 0 Å². The summed E-state index contributed by atoms with van der Waals surface area (Å²) in [6.07, 6.45) is 0. The van der Waals surface area contributed by atoms with Gasteiger partial charge in [-0.3, -0.25) is 0 Å². The van der Waals surface area contributed by atoms with E-state index in [1.807, 2.05) is 0 Å². The quantitative estimate of drug-likeness (QED) is 0.886. The Morgan fingerprint density at radius 3 is 2.76 bits per heavy atom. The number of hydrogen-bond donors (Lipinski definition) is 2. The summed E-state index contributed by atoms with van der Waals surface area (Å²) in [5.74, 6) is -0.628. The van der Waals surface area contributed by atoms with E-state index in [1.165, 1.54) is 12.1 Å². The molecule has 2 N–H and O–H groups in total. The van der Waals surface area contributed by atoms with Crippen LogP contribution in [0.2, 0.25) is 0 Å². The van der Waals surface area contributed by atoms with Gasteiger partial charge in [-0.1, -0.05) is 19.1 Å². The van der Waals surface area contributed by atoms with Gasteiger partial charge >= 0.3 is 12.0 Å². The number of carboxylic acid groups (broad SMARTS) is 1. The van der Waals surface area contributed by atoms with Crippen molar-refractivity contribution < 1.29 is 19.4 Å². The van der Waals surface area contributed by atoms with E-state index in [4.69, 9.17) is 9.84 Å². The average Bonchev–Trinajstić information content (AvgIpc) is 2.70. The highest BCUT2D eigenvalue weighted by molar-refractivity contribution is 5.87. The van der Waals surface area contributed by atoms with E-state index in [1.54, 1.807) is 17.0 Å². The number of nitrogens with zero attached hydrogens (tertiary/aromatic N) is 1. The first-order valence-corrected chi connectivity index (χ1v) is 6.99. The number of benzene rings is 1. The van der Waals surface area contributed by atoms with Gasteiger partial charge in [-0.25, -0.2) is 9.59 Å². The number of urea groups is 1. The third-order valence-corrected chi connectivity index (χ3v) is 3.37. The van der Waals surface area contributed by atoms with E-state index in [0.29, 0.717) is 38.8 Å². The molecule has 1 unspecified atom stereocenters. The van der Waals surface area contributed by atoms with Gasteiger partial charge < -0.3 is 20.1 Å². The molecule has 1 aliphatic heterocycles. The largest absolute Gasteiger partial charge is 0.478 e. The second kappa shape index (κ2) is 7.08. The Bertz CT molecular complexity index is 501. The van der Waals surface area contributed by atoms with Crippen molar-refractivity contribution in [3.05, 3.63) is 35.4 Å². The first-order valence-electron chi connectivity index (χ1n) is 6.99. The highest BCUT2D eigenvalue weighted by Crippen LogP contribution is 2.07. The number of carboxylic acids is 1. The summed E-state index contributed by atoms with van der Waals surface area (Å²) in [7, 11) is 0. The van der Waals surface area contributed by atoms with Crippen molar-refractivity contribution in [3.63, 3.8) is 0 Å². The normalized spacial score (nSPS) is 18.9. The summed E-state index contributed by atoms with van der Waals surface area (Å²) in [5.41, 5.74) is 1.11. The first kappa shape index (κ1) is 15.3. The van der Waals surface area contributed by atoms with Crippen molar-refractivity contribution in [2.45, 2.75) is 13.5 Å². The molecule has 6 nitrogen and oxygen atoms in total. The maximum absolute atomic E-state index is 12.1. The number of carbonyl (C=O) groups excluding carboxylic acids is 1. The zero-order chi connectivity index (χ0) is 15.2. The zero-order valence-corrected chi connectivity index (χ0v) is 12.0. The molecule has 114 valence electrons. The number of ether oxygens (including phenoxy) is 1. The van der Waals surface area contributed by atoms with Gasteiger partial charge in [0, 0.05) is 19.6 Å². The number of carbonyl (C=O) groups is 2. The predicted molar refractivity (Wildman–Crippen MR) is 77.2 cm³/mol. The molecule has 2 rings (SSSR count). The topological polar surface area (TPSA) is 78.9 Å². The van der Waals surface area contributed by atoms with Gasteiger partial charge in [-0.05, 0) is 23.6 Å². The van der Waals surface area contributed by atoms with Gasteiger partial charge in [0.1, 0.15) is 0 Å². The lowest BCUT2D eigenvalue weighted by Crippen LogP contribution is -2.42. The molecule has 21 heavy (non-hydrogen) atoms. The SMILES string of the molecule is CC1COCCN(C(=O)NCc2ccc(C(=O)O)cc2)C1. The van der Waals surface area contributed by atoms with Crippen LogP contribution in [-0.4, -0.2) is 48.3 Å². The summed E-state index contributed by atoms with van der Waals surface area (Å²) in [4.78, 5) is 24.6. The molecule has 0 bridgehead atoms. The molecule has 1 fully saturated rings. The van der Waals surface area contributed by atoms with Gasteiger partial charge in [0.2, 0.25) is 0 Å². The summed E-state index contributed by atoms with van der Waals surface area (Å²) < 4.78 is 5.41. The first-order chi connectivity index (χ1) is 10.1. The van der Waals surface area contributed by atoms with Crippen molar-refractivity contribution in [1.29, 1.82) is 0 Å². The summed E-state index contributed by atoms with van der Waals surface area (Å²) >= 11 is 0. The Hall–Kier alpha value is -2.08. The van der Waals surface area contributed by atoms with E-state index < -0.39 is 5.97 Å². The molecule has 0 aromatic heterocycles. The number of rotatable bonds is 3. The van der Waals surface area contributed by atoms with Crippen LogP contribution in [0.1, 0.15) is 22.8 Å². The smallest absolute Gasteiger partial charge is 0.335 e. The number of hydrogen-bond acceptors (Lipinski definition) is 3. The minimum Gasteiger partial charge on any atom is -0.478 e. The molecule has 1 heterocycles. The molecule has 2 amide bonds. The molecule has 1 aromatic rings. The minimum absolute atomic E-state index is 0.116. The van der Waals surface area contributed by atoms with E-state index in [-0.39, 0.29) is 11.6 Å². The summed E-state index contributed by atoms with van der Waals surface area (Å²) in [5, 5.41) is 11.7. The number of nitrogens with one attached hydrogen (secondary N) is 1. The number of amides is 2. The minimum atomic E-state index is -0.955. The summed E-state index contributed by atoms with van der Waals surface area (Å²) in [6.45, 7) is 4.95. The van der Waals surface area contributed by atoms with Crippen LogP contribution in [0.5, 0.6) is 0 Å². The maximum Gasteiger partial charge on any atom is 0.335 e. The average molecular weight is 292 g/mol. The molecule has 6 heteroatoms. The van der Waals surface area contributed by atoms with E-state index >= 15 is 0 Å². The van der Waals surface area contributed by atoms with Crippen LogP contribution < -0.4 is 5.32 Å². The Morgan fingerprint density at radius 2 is 2.10 bits per heavy atom. The lowest BCUT2D eigenvalue weighted by molar-refractivity contribution is 0.0697. The van der Waals surface area contributed by atoms with E-state index in [0.717, 1.165) is 5.56 Å². The molecule has 1 atom stereocenters. The highest BCUT2D eigenvalue weighted by Gasteiger charge is 2.19. The van der Waals surface area contributed by atoms with Gasteiger partial charge in [0.25, 0.3) is 0 Å². The van der Waals surface area contributed by atoms with Crippen LogP contribution in [-0.2, 0) is 11.3 Å². The van der Waals surface area contributed by atoms with Gasteiger partial charge in [-0.2, -0.15) is 0 Å². The van der Waals surface area contributed by atoms with Crippen molar-refractivity contribution in [3.8, 4) is 0 Å². The Labute approximate surface area is 123 Å². The molecular weight excluding hydrogens is 272 g/mol. The Balaban J connectivity index is 1.86. The van der Waals surface area contributed by atoms with Crippen molar-refractivity contribution in [1.82, 2.24) is 10.2 Å². The van der Waals surface area contributed by atoms with Crippen LogP contribution in [0.3, 0.4) is 0 Å². The van der Waals surface area contributed by atoms with E-state index in [2.05, 4.69) is 12.2 Å². The molecule has 0 spiro atoms. The van der Waals surface area contributed by atoms with Gasteiger partial charge in [0.05, 0.1) is 18.8 Å². The van der Waals surface area contributed by atoms with Crippen LogP contribution in [0.15, 0.2) is 24.3 Å². The molecule has 1 saturated heterocycles. The monoisotopic (exact) mass is 292 g/mol. The predicted octanol–water partition coefficient (Wildman–Crippen LogP) is 1.56. The van der Waals surface area contributed by atoms with Gasteiger partial charge in [0.15, 0.2) is 0 Å². The van der Waals surface area contributed by atoms with Crippen molar-refractivity contribution in [2.24, 2.45) is 5.92 Å². The zero-order valence-electron chi connectivity index (χ0n) is 12.0. The molecule has 0 saturated carbocycles. The maximum atomic E-state index is 12.1. The number of aromatic carboxylic acids is 1. The van der Waals surface area contributed by atoms with Crippen LogP contribution in [0.4, 0.5) is 4.79 Å². The van der Waals surface area contributed by atoms with Crippen LogP contribution in [0.25, 0.3) is 0 Å². The molecule has 1 aromatic carbocycles. The second-order valence-electron chi connectivity index (χ2n) is 5.29.